The van der Waals surface area contributed by atoms with Gasteiger partial charge < -0.3 is 15.4 Å². The standard InChI is InChI=1S/C22H17F2IN2O2/c1-25-22(23,24)17-10-16-6-7-27(20(16)18(11-17)21(28)29)12-14-4-5-15(19(26)9-14)8-13-2-3-13/h2-11H,1,12,26H2,(H,28,29). The van der Waals surface area contributed by atoms with Gasteiger partial charge in [0, 0.05) is 29.4 Å². The number of carboxylic acids is 1. The summed E-state index contributed by atoms with van der Waals surface area (Å²) in [6.45, 7) is 0.376. The number of hydrogen-bond donors (Lipinski definition) is 2. The van der Waals surface area contributed by atoms with Gasteiger partial charge in [-0.25, -0.2) is 4.79 Å². The van der Waals surface area contributed by atoms with Crippen molar-refractivity contribution in [2.24, 2.45) is 0 Å². The summed E-state index contributed by atoms with van der Waals surface area (Å²) < 4.78 is 30.3. The van der Waals surface area contributed by atoms with Crippen LogP contribution in [0.1, 0.15) is 27.0 Å². The van der Waals surface area contributed by atoms with E-state index in [2.05, 4.69) is 4.51 Å². The van der Waals surface area contributed by atoms with Gasteiger partial charge in [0.1, 0.15) is 0 Å². The van der Waals surface area contributed by atoms with Crippen LogP contribution < -0.4 is 5.73 Å². The Bertz CT molecular complexity index is 1220. The number of alkyl halides is 3. The van der Waals surface area contributed by atoms with Gasteiger partial charge in [0.15, 0.2) is 0 Å². The first-order valence-corrected chi connectivity index (χ1v) is 11.3. The van der Waals surface area contributed by atoms with Crippen LogP contribution in [0.15, 0.2) is 60.3 Å². The Morgan fingerprint density at radius 3 is 2.62 bits per heavy atom. The zero-order chi connectivity index (χ0) is 20.8. The monoisotopic (exact) mass is 506 g/mol. The van der Waals surface area contributed by atoms with E-state index in [1.807, 2.05) is 36.4 Å². The van der Waals surface area contributed by atoms with E-state index >= 15 is 0 Å². The number of fused-ring (bicyclic) bond motifs is 1. The minimum atomic E-state index is -3.07. The molecule has 4 nitrogen and oxygen atoms in total. The molecule has 0 spiro atoms. The lowest BCUT2D eigenvalue weighted by atomic mass is 10.1. The lowest BCUT2D eigenvalue weighted by molar-refractivity contribution is 0.0698. The van der Waals surface area contributed by atoms with Gasteiger partial charge in [0.25, 0.3) is 0 Å². The molecule has 0 bridgehead atoms. The Kier molecular flexibility index (Phi) is 4.85. The summed E-state index contributed by atoms with van der Waals surface area (Å²) in [6.07, 6.45) is 7.67. The predicted octanol–water partition coefficient (Wildman–Crippen LogP) is 5.38. The van der Waals surface area contributed by atoms with Gasteiger partial charge in [-0.15, -0.1) is 0 Å². The van der Waals surface area contributed by atoms with Crippen molar-refractivity contribution in [3.63, 3.8) is 0 Å². The second-order valence-corrected chi connectivity index (χ2v) is 8.90. The number of nitrogens with zero attached hydrogens (tertiary/aromatic N) is 1. The van der Waals surface area contributed by atoms with Crippen LogP contribution in [0.25, 0.3) is 17.0 Å². The van der Waals surface area contributed by atoms with Crippen molar-refractivity contribution in [3.8, 4) is 0 Å². The molecule has 0 unspecified atom stereocenters. The van der Waals surface area contributed by atoms with Crippen molar-refractivity contribution in [2.45, 2.75) is 10.5 Å². The maximum Gasteiger partial charge on any atom is 0.337 e. The first-order valence-electron chi connectivity index (χ1n) is 8.70. The third kappa shape index (κ3) is 3.87. The van der Waals surface area contributed by atoms with Crippen molar-refractivity contribution in [3.05, 3.63) is 82.6 Å². The Morgan fingerprint density at radius 2 is 2.00 bits per heavy atom. The first-order chi connectivity index (χ1) is 13.8. The van der Waals surface area contributed by atoms with Crippen LogP contribution in [-0.4, -0.2) is 20.2 Å². The van der Waals surface area contributed by atoms with Gasteiger partial charge in [-0.1, -0.05) is 28.8 Å². The number of nitrogen functional groups attached to an aromatic ring is 1. The van der Waals surface area contributed by atoms with Gasteiger partial charge in [-0.2, -0.15) is 8.78 Å². The highest BCUT2D eigenvalue weighted by atomic mass is 127. The van der Waals surface area contributed by atoms with Gasteiger partial charge >= 0.3 is 9.90 Å². The largest absolute Gasteiger partial charge is 0.478 e. The molecule has 0 saturated heterocycles. The highest BCUT2D eigenvalue weighted by Crippen LogP contribution is 2.41. The van der Waals surface area contributed by atoms with Crippen molar-refractivity contribution >= 4 is 53.9 Å². The number of benzene rings is 2. The topological polar surface area (TPSA) is 68.2 Å². The van der Waals surface area contributed by atoms with E-state index in [9.17, 15) is 18.7 Å². The summed E-state index contributed by atoms with van der Waals surface area (Å²) in [4.78, 5) is 11.8. The maximum absolute atomic E-state index is 14.2. The van der Waals surface area contributed by atoms with E-state index in [1.165, 1.54) is 6.07 Å². The number of halogens is 3. The number of aromatic nitrogens is 1. The number of anilines is 1. The molecule has 0 atom stereocenters. The number of allylic oxidation sites excluding steroid dienone is 3. The van der Waals surface area contributed by atoms with Crippen LogP contribution in [-0.2, 0) is 10.5 Å². The van der Waals surface area contributed by atoms with Crippen LogP contribution in [0.2, 0.25) is 0 Å². The molecule has 2 aromatic carbocycles. The van der Waals surface area contributed by atoms with E-state index < -0.39 is 30.6 Å². The normalized spacial score (nSPS) is 13.1. The van der Waals surface area contributed by atoms with Crippen molar-refractivity contribution in [1.29, 1.82) is 0 Å². The molecule has 0 radical (unpaired) electrons. The molecule has 1 aliphatic rings. The zero-order valence-corrected chi connectivity index (χ0v) is 17.4. The average molecular weight is 506 g/mol. The molecule has 0 fully saturated rings. The second-order valence-electron chi connectivity index (χ2n) is 6.78. The smallest absolute Gasteiger partial charge is 0.337 e. The van der Waals surface area contributed by atoms with Crippen LogP contribution in [0, 0.1) is 0 Å². The molecule has 3 N–H and O–H groups in total. The highest BCUT2D eigenvalue weighted by Gasteiger charge is 2.30. The van der Waals surface area contributed by atoms with Gasteiger partial charge in [-0.3, -0.25) is 0 Å². The van der Waals surface area contributed by atoms with E-state index in [1.54, 1.807) is 16.8 Å². The van der Waals surface area contributed by atoms with Crippen LogP contribution in [0.4, 0.5) is 14.5 Å². The minimum Gasteiger partial charge on any atom is -0.478 e. The van der Waals surface area contributed by atoms with E-state index in [-0.39, 0.29) is 11.1 Å². The Balaban J connectivity index is 1.75. The number of carboxylic acid groups (broad SMARTS) is 1. The molecule has 1 aromatic heterocycles. The molecule has 4 rings (SSSR count). The van der Waals surface area contributed by atoms with Gasteiger partial charge in [0.05, 0.1) is 11.1 Å². The summed E-state index contributed by atoms with van der Waals surface area (Å²) in [5, 5.41) is 10.1. The summed E-state index contributed by atoms with van der Waals surface area (Å²) >= 11 is -1.66. The van der Waals surface area contributed by atoms with Crippen molar-refractivity contribution < 1.29 is 18.7 Å². The highest BCUT2D eigenvalue weighted by molar-refractivity contribution is 14.2. The molecule has 0 amide bonds. The van der Waals surface area contributed by atoms with Crippen molar-refractivity contribution in [1.82, 2.24) is 4.57 Å². The fraction of sp³-hybridized carbons (Fsp3) is 0.0909. The lowest BCUT2D eigenvalue weighted by Gasteiger charge is -2.14. The summed E-state index contributed by atoms with van der Waals surface area (Å²) in [7, 11) is 0. The molecule has 0 saturated carbocycles. The third-order valence-corrected chi connectivity index (χ3v) is 6.35. The third-order valence-electron chi connectivity index (χ3n) is 4.77. The molecule has 29 heavy (non-hydrogen) atoms. The SMILES string of the molecule is C=IC(F)(F)c1cc(C(=O)O)c2c(ccn2Cc2ccc(C=C3C=C3)c(N)c2)c1. The zero-order valence-electron chi connectivity index (χ0n) is 15.2. The minimum absolute atomic E-state index is 0.145. The number of hydrogen-bond acceptors (Lipinski definition) is 2. The fourth-order valence-electron chi connectivity index (χ4n) is 3.26. The number of nitrogens with two attached hydrogens (primary N) is 1. The van der Waals surface area contributed by atoms with Crippen LogP contribution in [0.3, 0.4) is 0 Å². The first kappa shape index (κ1) is 19.5. The lowest BCUT2D eigenvalue weighted by Crippen LogP contribution is -2.09. The van der Waals surface area contributed by atoms with E-state index in [0.29, 0.717) is 23.1 Å². The molecular weight excluding hydrogens is 489 g/mol. The molecule has 7 heteroatoms. The summed E-state index contributed by atoms with van der Waals surface area (Å²) in [5.41, 5.74) is 9.67. The molecule has 1 aliphatic carbocycles. The Labute approximate surface area is 175 Å². The summed E-state index contributed by atoms with van der Waals surface area (Å²) in [5.74, 6) is -1.24. The molecular formula is C22H17F2IN2O2. The average Bonchev–Trinajstić information content (AvgIpc) is 3.42. The van der Waals surface area contributed by atoms with Gasteiger partial charge in [-0.05, 0) is 67.8 Å². The van der Waals surface area contributed by atoms with Crippen LogP contribution in [0.5, 0.6) is 0 Å². The number of carbonyl (C=O) groups is 1. The van der Waals surface area contributed by atoms with Crippen molar-refractivity contribution in [2.75, 3.05) is 5.73 Å². The van der Waals surface area contributed by atoms with Gasteiger partial charge in [0.2, 0.25) is 0 Å². The van der Waals surface area contributed by atoms with E-state index in [0.717, 1.165) is 22.8 Å². The predicted molar refractivity (Wildman–Crippen MR) is 121 cm³/mol. The van der Waals surface area contributed by atoms with Crippen LogP contribution >= 0.6 is 20.7 Å². The molecule has 1 heterocycles. The Hall–Kier alpha value is -2.81. The quantitative estimate of drug-likeness (QED) is 0.268. The second kappa shape index (κ2) is 7.22. The Morgan fingerprint density at radius 1 is 1.24 bits per heavy atom. The molecule has 0 aliphatic heterocycles. The number of rotatable bonds is 6. The maximum atomic E-state index is 14.2. The molecule has 148 valence electrons. The number of aromatic carboxylic acids is 1. The fourth-order valence-corrected chi connectivity index (χ4v) is 4.01. The summed E-state index contributed by atoms with van der Waals surface area (Å²) in [6, 6.07) is 9.76. The molecule has 3 aromatic rings. The van der Waals surface area contributed by atoms with E-state index in [4.69, 9.17) is 5.73 Å².